The lowest BCUT2D eigenvalue weighted by atomic mass is 9.99. The number of hydrogen-bond acceptors (Lipinski definition) is 4. The van der Waals surface area contributed by atoms with Gasteiger partial charge in [-0.1, -0.05) is 18.2 Å². The van der Waals surface area contributed by atoms with Gasteiger partial charge in [0.2, 0.25) is 0 Å². The van der Waals surface area contributed by atoms with E-state index in [2.05, 4.69) is 22.6 Å². The summed E-state index contributed by atoms with van der Waals surface area (Å²) < 4.78 is 17.0. The standard InChI is InChI=1S/C16H17IO4/c1-19-10-8-13(20-2)15(14(9-10)21-3)16(18)11-6-4-5-7-12(11)17/h4-9,16,18H,1-3H3. The van der Waals surface area contributed by atoms with Gasteiger partial charge in [0.15, 0.2) is 0 Å². The van der Waals surface area contributed by atoms with E-state index in [0.29, 0.717) is 22.8 Å². The molecule has 0 aromatic heterocycles. The van der Waals surface area contributed by atoms with Crippen LogP contribution in [0.15, 0.2) is 36.4 Å². The molecule has 1 N–H and O–H groups in total. The minimum atomic E-state index is -0.839. The van der Waals surface area contributed by atoms with Gasteiger partial charge in [-0.3, -0.25) is 0 Å². The van der Waals surface area contributed by atoms with Gasteiger partial charge in [-0.25, -0.2) is 0 Å². The van der Waals surface area contributed by atoms with E-state index < -0.39 is 6.10 Å². The SMILES string of the molecule is COc1cc(OC)c(C(O)c2ccccc2I)c(OC)c1. The molecule has 0 aliphatic carbocycles. The van der Waals surface area contributed by atoms with Gasteiger partial charge in [0.25, 0.3) is 0 Å². The molecule has 0 aliphatic rings. The summed E-state index contributed by atoms with van der Waals surface area (Å²) in [6, 6.07) is 11.1. The van der Waals surface area contributed by atoms with Crippen molar-refractivity contribution < 1.29 is 19.3 Å². The minimum Gasteiger partial charge on any atom is -0.496 e. The summed E-state index contributed by atoms with van der Waals surface area (Å²) in [6.07, 6.45) is -0.839. The minimum absolute atomic E-state index is 0.526. The Morgan fingerprint density at radius 2 is 1.52 bits per heavy atom. The van der Waals surface area contributed by atoms with Crippen molar-refractivity contribution in [3.8, 4) is 17.2 Å². The van der Waals surface area contributed by atoms with Crippen LogP contribution in [-0.4, -0.2) is 26.4 Å². The Morgan fingerprint density at radius 1 is 0.952 bits per heavy atom. The van der Waals surface area contributed by atoms with Crippen molar-refractivity contribution in [3.63, 3.8) is 0 Å². The second-order valence-electron chi connectivity index (χ2n) is 4.37. The van der Waals surface area contributed by atoms with Crippen LogP contribution in [0, 0.1) is 3.57 Å². The summed E-state index contributed by atoms with van der Waals surface area (Å²) in [5.41, 5.74) is 1.39. The molecule has 0 saturated heterocycles. The third kappa shape index (κ3) is 3.24. The average Bonchev–Trinajstić information content (AvgIpc) is 2.53. The molecular weight excluding hydrogens is 383 g/mol. The number of halogens is 1. The highest BCUT2D eigenvalue weighted by Gasteiger charge is 2.23. The van der Waals surface area contributed by atoms with Gasteiger partial charge in [-0.05, 0) is 34.2 Å². The number of rotatable bonds is 5. The Hall–Kier alpha value is -1.47. The first kappa shape index (κ1) is 15.9. The number of aliphatic hydroxyl groups is 1. The summed E-state index contributed by atoms with van der Waals surface area (Å²) in [7, 11) is 4.69. The molecule has 0 fully saturated rings. The molecule has 0 saturated carbocycles. The van der Waals surface area contributed by atoms with Crippen LogP contribution < -0.4 is 14.2 Å². The van der Waals surface area contributed by atoms with E-state index in [1.165, 1.54) is 0 Å². The zero-order chi connectivity index (χ0) is 15.4. The van der Waals surface area contributed by atoms with Crippen LogP contribution in [0.1, 0.15) is 17.2 Å². The topological polar surface area (TPSA) is 47.9 Å². The summed E-state index contributed by atoms with van der Waals surface area (Å²) in [6.45, 7) is 0. The van der Waals surface area contributed by atoms with Crippen molar-refractivity contribution in [1.29, 1.82) is 0 Å². The Morgan fingerprint density at radius 3 is 2.00 bits per heavy atom. The number of benzene rings is 2. The van der Waals surface area contributed by atoms with Crippen LogP contribution in [0.3, 0.4) is 0 Å². The maximum Gasteiger partial charge on any atom is 0.132 e. The second kappa shape index (κ2) is 7.00. The summed E-state index contributed by atoms with van der Waals surface area (Å²) in [5.74, 6) is 1.67. The molecule has 0 spiro atoms. The summed E-state index contributed by atoms with van der Waals surface area (Å²) >= 11 is 2.20. The Bertz CT molecular complexity index is 602. The molecule has 0 bridgehead atoms. The maximum atomic E-state index is 10.8. The fourth-order valence-corrected chi connectivity index (χ4v) is 2.84. The van der Waals surface area contributed by atoms with E-state index in [1.807, 2.05) is 24.3 Å². The van der Waals surface area contributed by atoms with Crippen LogP contribution in [0.5, 0.6) is 17.2 Å². The van der Waals surface area contributed by atoms with Gasteiger partial charge in [0.05, 0.1) is 26.9 Å². The molecule has 2 rings (SSSR count). The Kier molecular flexibility index (Phi) is 5.30. The van der Waals surface area contributed by atoms with Crippen molar-refractivity contribution in [1.82, 2.24) is 0 Å². The fraction of sp³-hybridized carbons (Fsp3) is 0.250. The monoisotopic (exact) mass is 400 g/mol. The molecule has 0 aliphatic heterocycles. The highest BCUT2D eigenvalue weighted by atomic mass is 127. The molecule has 0 amide bonds. The van der Waals surface area contributed by atoms with E-state index in [-0.39, 0.29) is 0 Å². The zero-order valence-electron chi connectivity index (χ0n) is 12.1. The molecule has 5 heteroatoms. The third-order valence-corrected chi connectivity index (χ3v) is 4.21. The zero-order valence-corrected chi connectivity index (χ0v) is 14.2. The molecular formula is C16H17IO4. The molecule has 2 aromatic rings. The van der Waals surface area contributed by atoms with Crippen molar-refractivity contribution >= 4 is 22.6 Å². The molecule has 1 unspecified atom stereocenters. The quantitative estimate of drug-likeness (QED) is 0.782. The smallest absolute Gasteiger partial charge is 0.132 e. The predicted molar refractivity (Wildman–Crippen MR) is 89.3 cm³/mol. The van der Waals surface area contributed by atoms with E-state index in [1.54, 1.807) is 33.5 Å². The van der Waals surface area contributed by atoms with Gasteiger partial charge in [-0.15, -0.1) is 0 Å². The molecule has 2 aromatic carbocycles. The van der Waals surface area contributed by atoms with Crippen molar-refractivity contribution in [2.24, 2.45) is 0 Å². The highest BCUT2D eigenvalue weighted by Crippen LogP contribution is 2.41. The van der Waals surface area contributed by atoms with Crippen LogP contribution >= 0.6 is 22.6 Å². The second-order valence-corrected chi connectivity index (χ2v) is 5.53. The molecule has 112 valence electrons. The van der Waals surface area contributed by atoms with Crippen LogP contribution in [0.4, 0.5) is 0 Å². The largest absolute Gasteiger partial charge is 0.496 e. The first-order valence-electron chi connectivity index (χ1n) is 6.34. The number of hydrogen-bond donors (Lipinski definition) is 1. The van der Waals surface area contributed by atoms with Crippen LogP contribution in [0.2, 0.25) is 0 Å². The number of aliphatic hydroxyl groups excluding tert-OH is 1. The lowest BCUT2D eigenvalue weighted by Gasteiger charge is -2.20. The van der Waals surface area contributed by atoms with Gasteiger partial charge in [0.1, 0.15) is 23.4 Å². The highest BCUT2D eigenvalue weighted by molar-refractivity contribution is 14.1. The number of ether oxygens (including phenoxy) is 3. The molecule has 0 heterocycles. The third-order valence-electron chi connectivity index (χ3n) is 3.23. The number of methoxy groups -OCH3 is 3. The van der Waals surface area contributed by atoms with E-state index in [4.69, 9.17) is 14.2 Å². The normalized spacial score (nSPS) is 11.9. The van der Waals surface area contributed by atoms with Gasteiger partial charge >= 0.3 is 0 Å². The van der Waals surface area contributed by atoms with E-state index >= 15 is 0 Å². The van der Waals surface area contributed by atoms with Gasteiger partial charge in [-0.2, -0.15) is 0 Å². The molecule has 0 radical (unpaired) electrons. The van der Waals surface area contributed by atoms with E-state index in [0.717, 1.165) is 9.13 Å². The lowest BCUT2D eigenvalue weighted by Crippen LogP contribution is -2.07. The average molecular weight is 400 g/mol. The van der Waals surface area contributed by atoms with Crippen LogP contribution in [-0.2, 0) is 0 Å². The van der Waals surface area contributed by atoms with Crippen molar-refractivity contribution in [2.75, 3.05) is 21.3 Å². The molecule has 1 atom stereocenters. The summed E-state index contributed by atoms with van der Waals surface area (Å²) in [4.78, 5) is 0. The van der Waals surface area contributed by atoms with Gasteiger partial charge < -0.3 is 19.3 Å². The fourth-order valence-electron chi connectivity index (χ4n) is 2.15. The first-order chi connectivity index (χ1) is 10.1. The van der Waals surface area contributed by atoms with Crippen molar-refractivity contribution in [2.45, 2.75) is 6.10 Å². The van der Waals surface area contributed by atoms with Crippen LogP contribution in [0.25, 0.3) is 0 Å². The first-order valence-corrected chi connectivity index (χ1v) is 7.42. The van der Waals surface area contributed by atoms with E-state index in [9.17, 15) is 5.11 Å². The molecule has 4 nitrogen and oxygen atoms in total. The Balaban J connectivity index is 2.59. The van der Waals surface area contributed by atoms with Gasteiger partial charge in [0, 0.05) is 15.7 Å². The molecule has 21 heavy (non-hydrogen) atoms. The predicted octanol–water partition coefficient (Wildman–Crippen LogP) is 3.40. The lowest BCUT2D eigenvalue weighted by molar-refractivity contribution is 0.207. The summed E-state index contributed by atoms with van der Waals surface area (Å²) in [5, 5.41) is 10.8. The maximum absolute atomic E-state index is 10.8. The Labute approximate surface area is 137 Å². The van der Waals surface area contributed by atoms with Crippen molar-refractivity contribution in [3.05, 3.63) is 51.1 Å².